The summed E-state index contributed by atoms with van der Waals surface area (Å²) >= 11 is 6.10. The first-order chi connectivity index (χ1) is 11.9. The van der Waals surface area contributed by atoms with E-state index in [1.54, 1.807) is 30.1 Å². The molecule has 0 radical (unpaired) electrons. The molecule has 0 aromatic heterocycles. The first-order valence-corrected chi connectivity index (χ1v) is 8.45. The number of amides is 2. The zero-order valence-corrected chi connectivity index (χ0v) is 15.3. The number of ether oxygens (including phenoxy) is 2. The van der Waals surface area contributed by atoms with Gasteiger partial charge in [-0.1, -0.05) is 11.6 Å². The van der Waals surface area contributed by atoms with Crippen molar-refractivity contribution in [2.45, 2.75) is 11.6 Å². The monoisotopic (exact) mass is 367 g/mol. The van der Waals surface area contributed by atoms with Gasteiger partial charge in [-0.05, 0) is 25.2 Å². The van der Waals surface area contributed by atoms with Gasteiger partial charge in [-0.2, -0.15) is 0 Å². The minimum absolute atomic E-state index is 0.0579. The van der Waals surface area contributed by atoms with Crippen LogP contribution in [0.25, 0.3) is 0 Å². The highest BCUT2D eigenvalue weighted by Crippen LogP contribution is 2.33. The van der Waals surface area contributed by atoms with E-state index in [-0.39, 0.29) is 17.9 Å². The van der Waals surface area contributed by atoms with Crippen molar-refractivity contribution in [1.82, 2.24) is 15.1 Å². The predicted molar refractivity (Wildman–Crippen MR) is 93.1 cm³/mol. The van der Waals surface area contributed by atoms with E-state index < -0.39 is 5.60 Å². The van der Waals surface area contributed by atoms with Crippen LogP contribution in [0.1, 0.15) is 10.4 Å². The minimum atomic E-state index is -0.398. The van der Waals surface area contributed by atoms with Gasteiger partial charge in [-0.15, -0.1) is 0 Å². The van der Waals surface area contributed by atoms with Crippen LogP contribution in [0.2, 0.25) is 5.02 Å². The Bertz CT molecular complexity index is 690. The van der Waals surface area contributed by atoms with Gasteiger partial charge in [-0.3, -0.25) is 14.5 Å². The maximum Gasteiger partial charge on any atom is 0.254 e. The summed E-state index contributed by atoms with van der Waals surface area (Å²) in [5, 5.41) is 3.05. The van der Waals surface area contributed by atoms with Crippen LogP contribution in [0.3, 0.4) is 0 Å². The highest BCUT2D eigenvalue weighted by atomic mass is 35.5. The number of morpholine rings is 1. The fourth-order valence-corrected chi connectivity index (χ4v) is 3.66. The molecule has 2 aliphatic rings. The van der Waals surface area contributed by atoms with Gasteiger partial charge in [0, 0.05) is 19.2 Å². The van der Waals surface area contributed by atoms with Crippen LogP contribution in [0.15, 0.2) is 18.2 Å². The van der Waals surface area contributed by atoms with Crippen LogP contribution in [0.5, 0.6) is 5.75 Å². The van der Waals surface area contributed by atoms with Crippen molar-refractivity contribution >= 4 is 23.4 Å². The molecule has 2 fully saturated rings. The molecule has 1 aromatic carbocycles. The third kappa shape index (κ3) is 3.31. The van der Waals surface area contributed by atoms with Gasteiger partial charge >= 0.3 is 0 Å². The van der Waals surface area contributed by atoms with Gasteiger partial charge < -0.3 is 19.7 Å². The Hall–Kier alpha value is -1.83. The molecule has 2 amide bonds. The van der Waals surface area contributed by atoms with Crippen LogP contribution in [-0.4, -0.2) is 80.7 Å². The van der Waals surface area contributed by atoms with Gasteiger partial charge in [0.15, 0.2) is 0 Å². The first-order valence-electron chi connectivity index (χ1n) is 8.08. The Kier molecular flexibility index (Phi) is 4.90. The van der Waals surface area contributed by atoms with Crippen molar-refractivity contribution in [2.75, 3.05) is 47.4 Å². The van der Waals surface area contributed by atoms with Crippen molar-refractivity contribution in [3.63, 3.8) is 0 Å². The number of nitrogens with zero attached hydrogens (tertiary/aromatic N) is 2. The molecule has 1 unspecified atom stereocenters. The van der Waals surface area contributed by atoms with Gasteiger partial charge in [0.2, 0.25) is 5.91 Å². The molecule has 1 spiro atoms. The number of halogens is 1. The van der Waals surface area contributed by atoms with Crippen molar-refractivity contribution in [1.29, 1.82) is 0 Å². The number of rotatable bonds is 3. The molecule has 2 heterocycles. The SMILES string of the molecule is CNC(=O)C1COC2(CN(C(=O)c3ccc(OC)c(Cl)c3)C2)CN1C. The van der Waals surface area contributed by atoms with E-state index in [1.807, 2.05) is 11.9 Å². The van der Waals surface area contributed by atoms with E-state index >= 15 is 0 Å². The number of methoxy groups -OCH3 is 1. The summed E-state index contributed by atoms with van der Waals surface area (Å²) in [6.45, 7) is 1.94. The molecular formula is C17H22ClN3O4. The third-order valence-electron chi connectivity index (χ3n) is 4.81. The number of benzene rings is 1. The molecule has 25 heavy (non-hydrogen) atoms. The van der Waals surface area contributed by atoms with Crippen LogP contribution >= 0.6 is 11.6 Å². The Balaban J connectivity index is 1.61. The summed E-state index contributed by atoms with van der Waals surface area (Å²) in [7, 11) is 5.05. The molecule has 0 aliphatic carbocycles. The summed E-state index contributed by atoms with van der Waals surface area (Å²) in [5.41, 5.74) is 0.124. The third-order valence-corrected chi connectivity index (χ3v) is 5.11. The van der Waals surface area contributed by atoms with E-state index in [4.69, 9.17) is 21.1 Å². The minimum Gasteiger partial charge on any atom is -0.495 e. The first kappa shape index (κ1) is 18.0. The highest BCUT2D eigenvalue weighted by molar-refractivity contribution is 6.32. The largest absolute Gasteiger partial charge is 0.495 e. The van der Waals surface area contributed by atoms with Crippen molar-refractivity contribution < 1.29 is 19.1 Å². The highest BCUT2D eigenvalue weighted by Gasteiger charge is 2.51. The van der Waals surface area contributed by atoms with Gasteiger partial charge in [0.25, 0.3) is 5.91 Å². The summed E-state index contributed by atoms with van der Waals surface area (Å²) in [5.74, 6) is 0.392. The van der Waals surface area contributed by atoms with Gasteiger partial charge in [-0.25, -0.2) is 0 Å². The lowest BCUT2D eigenvalue weighted by Gasteiger charge is -2.54. The lowest BCUT2D eigenvalue weighted by Crippen LogP contribution is -2.73. The molecule has 1 aromatic rings. The smallest absolute Gasteiger partial charge is 0.254 e. The topological polar surface area (TPSA) is 71.1 Å². The van der Waals surface area contributed by atoms with Gasteiger partial charge in [0.1, 0.15) is 17.4 Å². The fourth-order valence-electron chi connectivity index (χ4n) is 3.40. The molecule has 0 saturated carbocycles. The molecule has 2 saturated heterocycles. The number of hydrogen-bond acceptors (Lipinski definition) is 5. The Morgan fingerprint density at radius 2 is 2.08 bits per heavy atom. The second-order valence-electron chi connectivity index (χ2n) is 6.55. The molecule has 1 N–H and O–H groups in total. The molecule has 7 nitrogen and oxygen atoms in total. The molecule has 0 bridgehead atoms. The second kappa shape index (κ2) is 6.82. The standard InChI is InChI=1S/C17H22ClN3O4/c1-19-15(22)13-7-25-17(8-20(13)2)9-21(10-17)16(23)11-4-5-14(24-3)12(18)6-11/h4-6,13H,7-10H2,1-3H3,(H,19,22). The number of carbonyl (C=O) groups is 2. The van der Waals surface area contributed by atoms with Crippen molar-refractivity contribution in [3.05, 3.63) is 28.8 Å². The van der Waals surface area contributed by atoms with Crippen molar-refractivity contribution in [3.8, 4) is 5.75 Å². The fraction of sp³-hybridized carbons (Fsp3) is 0.529. The molecule has 3 rings (SSSR count). The van der Waals surface area contributed by atoms with E-state index in [9.17, 15) is 9.59 Å². The molecular weight excluding hydrogens is 346 g/mol. The zero-order chi connectivity index (χ0) is 18.2. The quantitative estimate of drug-likeness (QED) is 0.848. The predicted octanol–water partition coefficient (Wildman–Crippen LogP) is 0.620. The molecule has 136 valence electrons. The average molecular weight is 368 g/mol. The molecule has 2 aliphatic heterocycles. The maximum atomic E-state index is 12.6. The van der Waals surface area contributed by atoms with Crippen LogP contribution < -0.4 is 10.1 Å². The molecule has 1 atom stereocenters. The summed E-state index contributed by atoms with van der Waals surface area (Å²) < 4.78 is 11.0. The average Bonchev–Trinajstić information content (AvgIpc) is 2.58. The van der Waals surface area contributed by atoms with E-state index in [0.717, 1.165) is 0 Å². The van der Waals surface area contributed by atoms with Crippen LogP contribution in [0, 0.1) is 0 Å². The Morgan fingerprint density at radius 1 is 1.36 bits per heavy atom. The number of likely N-dealkylation sites (N-methyl/N-ethyl adjacent to an activating group) is 2. The van der Waals surface area contributed by atoms with Crippen molar-refractivity contribution in [2.24, 2.45) is 0 Å². The summed E-state index contributed by atoms with van der Waals surface area (Å²) in [6.07, 6.45) is 0. The lowest BCUT2D eigenvalue weighted by atomic mass is 9.90. The Morgan fingerprint density at radius 3 is 2.64 bits per heavy atom. The number of nitrogens with one attached hydrogen (secondary N) is 1. The number of hydrogen-bond donors (Lipinski definition) is 1. The van der Waals surface area contributed by atoms with Crippen LogP contribution in [0.4, 0.5) is 0 Å². The van der Waals surface area contributed by atoms with E-state index in [1.165, 1.54) is 7.11 Å². The van der Waals surface area contributed by atoms with Gasteiger partial charge in [0.05, 0.1) is 31.8 Å². The number of likely N-dealkylation sites (tertiary alicyclic amines) is 1. The second-order valence-corrected chi connectivity index (χ2v) is 6.96. The van der Waals surface area contributed by atoms with Crippen LogP contribution in [-0.2, 0) is 9.53 Å². The zero-order valence-electron chi connectivity index (χ0n) is 14.5. The van der Waals surface area contributed by atoms with E-state index in [0.29, 0.717) is 42.6 Å². The number of carbonyl (C=O) groups excluding carboxylic acids is 2. The molecule has 8 heteroatoms. The Labute approximate surface area is 151 Å². The normalized spacial score (nSPS) is 22.4. The summed E-state index contributed by atoms with van der Waals surface area (Å²) in [4.78, 5) is 28.1. The summed E-state index contributed by atoms with van der Waals surface area (Å²) in [6, 6.07) is 4.71. The van der Waals surface area contributed by atoms with E-state index in [2.05, 4.69) is 5.32 Å². The maximum absolute atomic E-state index is 12.6. The lowest BCUT2D eigenvalue weighted by molar-refractivity contribution is -0.187.